The minimum Gasteiger partial charge on any atom is -0.457 e. The number of para-hydroxylation sites is 1. The van der Waals surface area contributed by atoms with Crippen molar-refractivity contribution in [1.29, 1.82) is 0 Å². The molecule has 2 heterocycles. The van der Waals surface area contributed by atoms with Gasteiger partial charge in [-0.05, 0) is 59.7 Å². The summed E-state index contributed by atoms with van der Waals surface area (Å²) in [5, 5.41) is 1.78. The highest BCUT2D eigenvalue weighted by atomic mass is 32.1. The molecule has 0 bridgehead atoms. The molecule has 4 rings (SSSR count). The van der Waals surface area contributed by atoms with E-state index in [0.29, 0.717) is 16.2 Å². The lowest BCUT2D eigenvalue weighted by Crippen LogP contribution is -2.29. The Labute approximate surface area is 213 Å². The summed E-state index contributed by atoms with van der Waals surface area (Å²) >= 11 is 1.28. The Morgan fingerprint density at radius 1 is 0.972 bits per heavy atom. The van der Waals surface area contributed by atoms with Gasteiger partial charge in [-0.2, -0.15) is 0 Å². The SMILES string of the molecule is CCc1cccc(CC)c1N1C[C@H](C(=O)OCC(=O)c2ccc(OC(=O)c3cccs3)cc2)CC1=O. The number of ketones is 1. The van der Waals surface area contributed by atoms with Gasteiger partial charge in [0.25, 0.3) is 0 Å². The first-order valence-electron chi connectivity index (χ1n) is 11.9. The zero-order valence-corrected chi connectivity index (χ0v) is 21.0. The monoisotopic (exact) mass is 505 g/mol. The molecule has 1 amide bonds. The van der Waals surface area contributed by atoms with E-state index in [2.05, 4.69) is 0 Å². The van der Waals surface area contributed by atoms with Gasteiger partial charge in [0.15, 0.2) is 12.4 Å². The molecule has 1 aliphatic rings. The molecule has 36 heavy (non-hydrogen) atoms. The van der Waals surface area contributed by atoms with Gasteiger partial charge in [-0.3, -0.25) is 14.4 Å². The van der Waals surface area contributed by atoms with Crippen LogP contribution in [0.2, 0.25) is 0 Å². The number of carbonyl (C=O) groups excluding carboxylic acids is 4. The molecular formula is C28H27NO6S. The van der Waals surface area contributed by atoms with Crippen molar-refractivity contribution in [2.24, 2.45) is 5.92 Å². The lowest BCUT2D eigenvalue weighted by Gasteiger charge is -2.23. The number of carbonyl (C=O) groups is 4. The lowest BCUT2D eigenvalue weighted by atomic mass is 10.0. The predicted octanol–water partition coefficient (Wildman–Crippen LogP) is 4.87. The molecule has 186 valence electrons. The Morgan fingerprint density at radius 2 is 1.67 bits per heavy atom. The third-order valence-corrected chi connectivity index (χ3v) is 7.00. The van der Waals surface area contributed by atoms with Crippen LogP contribution in [0.1, 0.15) is 51.4 Å². The van der Waals surface area contributed by atoms with Crippen LogP contribution in [0, 0.1) is 5.92 Å². The van der Waals surface area contributed by atoms with Gasteiger partial charge in [0.2, 0.25) is 5.91 Å². The summed E-state index contributed by atoms with van der Waals surface area (Å²) in [4.78, 5) is 52.2. The molecule has 3 aromatic rings. The van der Waals surface area contributed by atoms with Crippen LogP contribution in [-0.2, 0) is 27.2 Å². The number of esters is 2. The second-order valence-corrected chi connectivity index (χ2v) is 9.41. The maximum Gasteiger partial charge on any atom is 0.353 e. The van der Waals surface area contributed by atoms with E-state index in [4.69, 9.17) is 9.47 Å². The lowest BCUT2D eigenvalue weighted by molar-refractivity contribution is -0.147. The first-order chi connectivity index (χ1) is 17.4. The molecule has 0 radical (unpaired) electrons. The van der Waals surface area contributed by atoms with Gasteiger partial charge in [-0.1, -0.05) is 38.1 Å². The summed E-state index contributed by atoms with van der Waals surface area (Å²) < 4.78 is 10.6. The fourth-order valence-electron chi connectivity index (χ4n) is 4.24. The van der Waals surface area contributed by atoms with Crippen LogP contribution in [0.3, 0.4) is 0 Å². The second-order valence-electron chi connectivity index (χ2n) is 8.46. The van der Waals surface area contributed by atoms with Crippen molar-refractivity contribution in [3.63, 3.8) is 0 Å². The van der Waals surface area contributed by atoms with E-state index >= 15 is 0 Å². The maximum absolute atomic E-state index is 12.8. The van der Waals surface area contributed by atoms with Crippen LogP contribution < -0.4 is 9.64 Å². The predicted molar refractivity (Wildman–Crippen MR) is 137 cm³/mol. The number of rotatable bonds is 9. The zero-order valence-electron chi connectivity index (χ0n) is 20.2. The summed E-state index contributed by atoms with van der Waals surface area (Å²) in [5.41, 5.74) is 3.35. The van der Waals surface area contributed by atoms with E-state index in [1.165, 1.54) is 35.6 Å². The second kappa shape index (κ2) is 11.3. The number of hydrogen-bond acceptors (Lipinski definition) is 7. The highest BCUT2D eigenvalue weighted by molar-refractivity contribution is 7.12. The number of thiophene rings is 1. The number of anilines is 1. The Bertz CT molecular complexity index is 1240. The van der Waals surface area contributed by atoms with Gasteiger partial charge in [-0.15, -0.1) is 11.3 Å². The van der Waals surface area contributed by atoms with Gasteiger partial charge in [0, 0.05) is 24.2 Å². The Kier molecular flexibility index (Phi) is 7.95. The fraction of sp³-hybridized carbons (Fsp3) is 0.286. The van der Waals surface area contributed by atoms with Crippen LogP contribution in [0.15, 0.2) is 60.0 Å². The zero-order chi connectivity index (χ0) is 25.7. The first-order valence-corrected chi connectivity index (χ1v) is 12.8. The molecule has 7 nitrogen and oxygen atoms in total. The average molecular weight is 506 g/mol. The number of ether oxygens (including phenoxy) is 2. The summed E-state index contributed by atoms with van der Waals surface area (Å²) in [6, 6.07) is 15.5. The molecule has 0 aliphatic carbocycles. The minimum absolute atomic E-state index is 0.0541. The Balaban J connectivity index is 1.33. The average Bonchev–Trinajstić information content (AvgIpc) is 3.57. The van der Waals surface area contributed by atoms with Crippen LogP contribution in [-0.4, -0.2) is 36.8 Å². The van der Waals surface area contributed by atoms with E-state index in [-0.39, 0.29) is 24.7 Å². The molecule has 1 aliphatic heterocycles. The highest BCUT2D eigenvalue weighted by Gasteiger charge is 2.37. The van der Waals surface area contributed by atoms with Crippen LogP contribution in [0.5, 0.6) is 5.75 Å². The largest absolute Gasteiger partial charge is 0.457 e. The number of hydrogen-bond donors (Lipinski definition) is 0. The van der Waals surface area contributed by atoms with Gasteiger partial charge < -0.3 is 14.4 Å². The van der Waals surface area contributed by atoms with Crippen molar-refractivity contribution >= 4 is 40.7 Å². The van der Waals surface area contributed by atoms with E-state index in [1.54, 1.807) is 22.4 Å². The smallest absolute Gasteiger partial charge is 0.353 e. The molecule has 0 N–H and O–H groups in total. The molecule has 0 spiro atoms. The number of Topliss-reactive ketones (excluding diaryl/α,β-unsaturated/α-hetero) is 1. The van der Waals surface area contributed by atoms with Gasteiger partial charge in [-0.25, -0.2) is 4.79 Å². The van der Waals surface area contributed by atoms with E-state index in [1.807, 2.05) is 32.0 Å². The highest BCUT2D eigenvalue weighted by Crippen LogP contribution is 2.32. The first kappa shape index (κ1) is 25.3. The van der Waals surface area contributed by atoms with Gasteiger partial charge in [0.05, 0.1) is 5.92 Å². The molecular weight excluding hydrogens is 478 g/mol. The molecule has 8 heteroatoms. The maximum atomic E-state index is 12.8. The van der Waals surface area contributed by atoms with Crippen molar-refractivity contribution in [3.05, 3.63) is 81.5 Å². The van der Waals surface area contributed by atoms with E-state index in [9.17, 15) is 19.2 Å². The molecule has 0 unspecified atom stereocenters. The third-order valence-electron chi connectivity index (χ3n) is 6.15. The van der Waals surface area contributed by atoms with Crippen molar-refractivity contribution in [2.45, 2.75) is 33.1 Å². The van der Waals surface area contributed by atoms with Crippen molar-refractivity contribution in [2.75, 3.05) is 18.1 Å². The number of amides is 1. The van der Waals surface area contributed by atoms with Crippen LogP contribution in [0.4, 0.5) is 5.69 Å². The normalized spacial score (nSPS) is 15.1. The van der Waals surface area contributed by atoms with E-state index in [0.717, 1.165) is 29.7 Å². The quantitative estimate of drug-likeness (QED) is 0.234. The Hall–Kier alpha value is -3.78. The van der Waals surface area contributed by atoms with Gasteiger partial charge in [0.1, 0.15) is 10.6 Å². The molecule has 1 aromatic heterocycles. The van der Waals surface area contributed by atoms with Crippen LogP contribution in [0.25, 0.3) is 0 Å². The van der Waals surface area contributed by atoms with E-state index < -0.39 is 24.5 Å². The van der Waals surface area contributed by atoms with Crippen molar-refractivity contribution < 1.29 is 28.7 Å². The topological polar surface area (TPSA) is 90.0 Å². The van der Waals surface area contributed by atoms with Crippen molar-refractivity contribution in [3.8, 4) is 5.75 Å². The standard InChI is InChI=1S/C28H27NO6S/c1-3-18-7-5-8-19(4-2)26(18)29-16-21(15-25(29)31)27(32)34-17-23(30)20-10-12-22(13-11-20)35-28(33)24-9-6-14-36-24/h5-14,21H,3-4,15-17H2,1-2H3/t21-/m1/s1. The molecule has 0 saturated carbocycles. The number of aryl methyl sites for hydroxylation is 2. The van der Waals surface area contributed by atoms with Crippen molar-refractivity contribution in [1.82, 2.24) is 0 Å². The fourth-order valence-corrected chi connectivity index (χ4v) is 4.84. The molecule has 1 saturated heterocycles. The number of nitrogens with zero attached hydrogens (tertiary/aromatic N) is 1. The summed E-state index contributed by atoms with van der Waals surface area (Å²) in [6.07, 6.45) is 1.61. The molecule has 1 atom stereocenters. The summed E-state index contributed by atoms with van der Waals surface area (Å²) in [7, 11) is 0. The Morgan fingerprint density at radius 3 is 2.28 bits per heavy atom. The number of benzene rings is 2. The third kappa shape index (κ3) is 5.54. The summed E-state index contributed by atoms with van der Waals surface area (Å²) in [6.45, 7) is 3.89. The van der Waals surface area contributed by atoms with Crippen LogP contribution >= 0.6 is 11.3 Å². The minimum atomic E-state index is -0.626. The van der Waals surface area contributed by atoms with Gasteiger partial charge >= 0.3 is 11.9 Å². The molecule has 2 aromatic carbocycles. The summed E-state index contributed by atoms with van der Waals surface area (Å²) in [5.74, 6) is -1.85. The molecule has 1 fully saturated rings.